The first-order valence-electron chi connectivity index (χ1n) is 5.44. The molecule has 98 valence electrons. The Labute approximate surface area is 103 Å². The average Bonchev–Trinajstić information content (AvgIpc) is 2.26. The molecule has 0 aliphatic rings. The third-order valence-corrected chi connectivity index (χ3v) is 2.27. The van der Waals surface area contributed by atoms with E-state index in [9.17, 15) is 13.2 Å². The molecular formula is C12H13F3N2O. The molecule has 0 amide bonds. The molecule has 0 aliphatic heterocycles. The summed E-state index contributed by atoms with van der Waals surface area (Å²) in [6.07, 6.45) is -3.70. The molecule has 6 heteroatoms. The Balaban J connectivity index is 2.73. The van der Waals surface area contributed by atoms with Crippen LogP contribution in [0.4, 0.5) is 18.9 Å². The van der Waals surface area contributed by atoms with E-state index in [1.165, 1.54) is 18.2 Å². The van der Waals surface area contributed by atoms with Gasteiger partial charge in [0.25, 0.3) is 0 Å². The fourth-order valence-electron chi connectivity index (χ4n) is 1.43. The standard InChI is InChI=1S/C12H13F3N2O/c1-2-9(6-7-16)17-10-4-3-5-11(8-10)18-12(13,14)15/h3-5,8-9,17H,2,6H2,1H3. The second kappa shape index (κ2) is 6.15. The predicted octanol–water partition coefficient (Wildman–Crippen LogP) is 3.69. The number of nitrogens with zero attached hydrogens (tertiary/aromatic N) is 1. The molecule has 0 saturated heterocycles. The number of nitrogens with one attached hydrogen (secondary N) is 1. The Hall–Kier alpha value is -1.90. The number of ether oxygens (including phenoxy) is 1. The summed E-state index contributed by atoms with van der Waals surface area (Å²) in [6, 6.07) is 7.50. The lowest BCUT2D eigenvalue weighted by molar-refractivity contribution is -0.274. The first-order chi connectivity index (χ1) is 8.44. The van der Waals surface area contributed by atoms with Crippen LogP contribution in [0.1, 0.15) is 19.8 Å². The molecular weight excluding hydrogens is 245 g/mol. The topological polar surface area (TPSA) is 45.0 Å². The van der Waals surface area contributed by atoms with E-state index < -0.39 is 6.36 Å². The van der Waals surface area contributed by atoms with Crippen LogP contribution in [0.25, 0.3) is 0 Å². The lowest BCUT2D eigenvalue weighted by Crippen LogP contribution is -2.19. The Morgan fingerprint density at radius 2 is 2.17 bits per heavy atom. The van der Waals surface area contributed by atoms with Crippen molar-refractivity contribution >= 4 is 5.69 Å². The van der Waals surface area contributed by atoms with Gasteiger partial charge in [0.05, 0.1) is 12.5 Å². The minimum Gasteiger partial charge on any atom is -0.406 e. The number of rotatable bonds is 5. The Bertz CT molecular complexity index is 426. The smallest absolute Gasteiger partial charge is 0.406 e. The maximum absolute atomic E-state index is 12.0. The van der Waals surface area contributed by atoms with Gasteiger partial charge in [-0.15, -0.1) is 13.2 Å². The Kier molecular flexibility index (Phi) is 4.84. The lowest BCUT2D eigenvalue weighted by atomic mass is 10.1. The lowest BCUT2D eigenvalue weighted by Gasteiger charge is -2.16. The average molecular weight is 258 g/mol. The summed E-state index contributed by atoms with van der Waals surface area (Å²) in [6.45, 7) is 1.89. The van der Waals surface area contributed by atoms with Crippen molar-refractivity contribution in [1.29, 1.82) is 5.26 Å². The fraction of sp³-hybridized carbons (Fsp3) is 0.417. The van der Waals surface area contributed by atoms with Crippen molar-refractivity contribution in [2.45, 2.75) is 32.2 Å². The molecule has 1 unspecified atom stereocenters. The van der Waals surface area contributed by atoms with Crippen LogP contribution in [-0.4, -0.2) is 12.4 Å². The predicted molar refractivity (Wildman–Crippen MR) is 61.1 cm³/mol. The summed E-state index contributed by atoms with van der Waals surface area (Å²) >= 11 is 0. The summed E-state index contributed by atoms with van der Waals surface area (Å²) in [5.41, 5.74) is 0.499. The van der Waals surface area contributed by atoms with Crippen molar-refractivity contribution in [3.63, 3.8) is 0 Å². The van der Waals surface area contributed by atoms with Crippen LogP contribution < -0.4 is 10.1 Å². The van der Waals surface area contributed by atoms with Gasteiger partial charge in [0.1, 0.15) is 5.75 Å². The second-order valence-corrected chi connectivity index (χ2v) is 3.69. The minimum atomic E-state index is -4.70. The van der Waals surface area contributed by atoms with E-state index in [2.05, 4.69) is 10.1 Å². The van der Waals surface area contributed by atoms with Gasteiger partial charge in [-0.05, 0) is 18.6 Å². The Morgan fingerprint density at radius 3 is 2.72 bits per heavy atom. The van der Waals surface area contributed by atoms with Crippen LogP contribution in [-0.2, 0) is 0 Å². The van der Waals surface area contributed by atoms with Crippen LogP contribution in [0.15, 0.2) is 24.3 Å². The fourth-order valence-corrected chi connectivity index (χ4v) is 1.43. The summed E-state index contributed by atoms with van der Waals surface area (Å²) < 4.78 is 39.9. The second-order valence-electron chi connectivity index (χ2n) is 3.69. The molecule has 1 aromatic carbocycles. The first-order valence-corrected chi connectivity index (χ1v) is 5.44. The monoisotopic (exact) mass is 258 g/mol. The number of hydrogen-bond donors (Lipinski definition) is 1. The minimum absolute atomic E-state index is 0.0869. The zero-order valence-corrected chi connectivity index (χ0v) is 9.79. The highest BCUT2D eigenvalue weighted by molar-refractivity contribution is 5.49. The van der Waals surface area contributed by atoms with E-state index in [1.807, 2.05) is 13.0 Å². The summed E-state index contributed by atoms with van der Waals surface area (Å²) in [7, 11) is 0. The highest BCUT2D eigenvalue weighted by Crippen LogP contribution is 2.25. The molecule has 18 heavy (non-hydrogen) atoms. The maximum atomic E-state index is 12.0. The molecule has 0 bridgehead atoms. The first kappa shape index (κ1) is 14.2. The molecule has 0 fully saturated rings. The molecule has 0 aromatic heterocycles. The van der Waals surface area contributed by atoms with E-state index >= 15 is 0 Å². The normalized spacial score (nSPS) is 12.6. The SMILES string of the molecule is CCC(CC#N)Nc1cccc(OC(F)(F)F)c1. The van der Waals surface area contributed by atoms with Gasteiger partial charge in [-0.2, -0.15) is 5.26 Å². The van der Waals surface area contributed by atoms with Crippen molar-refractivity contribution in [2.75, 3.05) is 5.32 Å². The summed E-state index contributed by atoms with van der Waals surface area (Å²) in [5.74, 6) is -0.278. The molecule has 0 radical (unpaired) electrons. The van der Waals surface area contributed by atoms with Gasteiger partial charge in [-0.3, -0.25) is 0 Å². The van der Waals surface area contributed by atoms with Crippen molar-refractivity contribution in [3.8, 4) is 11.8 Å². The maximum Gasteiger partial charge on any atom is 0.573 e. The Morgan fingerprint density at radius 1 is 1.44 bits per heavy atom. The number of alkyl halides is 3. The number of halogens is 3. The molecule has 1 rings (SSSR count). The van der Waals surface area contributed by atoms with Crippen LogP contribution in [0, 0.1) is 11.3 Å². The number of nitriles is 1. The third kappa shape index (κ3) is 4.95. The van der Waals surface area contributed by atoms with Gasteiger partial charge >= 0.3 is 6.36 Å². The van der Waals surface area contributed by atoms with Crippen LogP contribution in [0.2, 0.25) is 0 Å². The van der Waals surface area contributed by atoms with Crippen LogP contribution in [0.3, 0.4) is 0 Å². The van der Waals surface area contributed by atoms with Crippen molar-refractivity contribution in [1.82, 2.24) is 0 Å². The number of benzene rings is 1. The van der Waals surface area contributed by atoms with Crippen molar-refractivity contribution < 1.29 is 17.9 Å². The quantitative estimate of drug-likeness (QED) is 0.876. The summed E-state index contributed by atoms with van der Waals surface area (Å²) in [5, 5.41) is 11.6. The molecule has 0 saturated carbocycles. The number of hydrogen-bond acceptors (Lipinski definition) is 3. The van der Waals surface area contributed by atoms with Crippen molar-refractivity contribution in [3.05, 3.63) is 24.3 Å². The molecule has 1 N–H and O–H groups in total. The summed E-state index contributed by atoms with van der Waals surface area (Å²) in [4.78, 5) is 0. The van der Waals surface area contributed by atoms with Gasteiger partial charge in [0, 0.05) is 17.8 Å². The van der Waals surface area contributed by atoms with E-state index in [4.69, 9.17) is 5.26 Å². The van der Waals surface area contributed by atoms with Crippen molar-refractivity contribution in [2.24, 2.45) is 0 Å². The van der Waals surface area contributed by atoms with Crippen LogP contribution in [0.5, 0.6) is 5.75 Å². The zero-order valence-electron chi connectivity index (χ0n) is 9.79. The van der Waals surface area contributed by atoms with Gasteiger partial charge in [0.15, 0.2) is 0 Å². The highest BCUT2D eigenvalue weighted by atomic mass is 19.4. The van der Waals surface area contributed by atoms with Gasteiger partial charge < -0.3 is 10.1 Å². The van der Waals surface area contributed by atoms with E-state index in [0.29, 0.717) is 18.5 Å². The number of anilines is 1. The van der Waals surface area contributed by atoms with Gasteiger partial charge in [-0.25, -0.2) is 0 Å². The van der Waals surface area contributed by atoms with E-state index in [1.54, 1.807) is 6.07 Å². The zero-order chi connectivity index (χ0) is 13.6. The molecule has 1 atom stereocenters. The molecule has 1 aromatic rings. The van der Waals surface area contributed by atoms with Gasteiger partial charge in [-0.1, -0.05) is 13.0 Å². The van der Waals surface area contributed by atoms with Crippen LogP contribution >= 0.6 is 0 Å². The third-order valence-electron chi connectivity index (χ3n) is 2.27. The highest BCUT2D eigenvalue weighted by Gasteiger charge is 2.31. The molecule has 0 heterocycles. The molecule has 0 aliphatic carbocycles. The largest absolute Gasteiger partial charge is 0.573 e. The van der Waals surface area contributed by atoms with Gasteiger partial charge in [0.2, 0.25) is 0 Å². The molecule has 0 spiro atoms. The van der Waals surface area contributed by atoms with E-state index in [-0.39, 0.29) is 11.8 Å². The molecule has 3 nitrogen and oxygen atoms in total. The van der Waals surface area contributed by atoms with E-state index in [0.717, 1.165) is 0 Å².